The van der Waals surface area contributed by atoms with Gasteiger partial charge >= 0.3 is 5.69 Å². The Morgan fingerprint density at radius 3 is 2.48 bits per heavy atom. The molecule has 0 saturated carbocycles. The monoisotopic (exact) mass is 449 g/mol. The van der Waals surface area contributed by atoms with E-state index in [1.165, 1.54) is 4.57 Å². The van der Waals surface area contributed by atoms with Crippen molar-refractivity contribution in [1.29, 1.82) is 0 Å². The molecule has 1 heterocycles. The Morgan fingerprint density at radius 2 is 1.79 bits per heavy atom. The summed E-state index contributed by atoms with van der Waals surface area (Å²) in [5.74, 6) is -0.181. The summed E-state index contributed by atoms with van der Waals surface area (Å²) in [6.45, 7) is 4.98. The number of benzene rings is 2. The molecule has 174 valence electrons. The number of carbonyl (C=O) groups excluding carboxylic acids is 1. The molecule has 8 heteroatoms. The Balaban J connectivity index is 1.90. The van der Waals surface area contributed by atoms with E-state index >= 15 is 0 Å². The minimum Gasteiger partial charge on any atom is -0.383 e. The molecule has 8 nitrogen and oxygen atoms in total. The first-order valence-electron chi connectivity index (χ1n) is 11.1. The lowest BCUT2D eigenvalue weighted by Gasteiger charge is -2.26. The van der Waals surface area contributed by atoms with Gasteiger partial charge in [0.2, 0.25) is 5.91 Å². The molecule has 2 aromatic carbocycles. The van der Waals surface area contributed by atoms with Crippen molar-refractivity contribution >= 4 is 17.4 Å². The van der Waals surface area contributed by atoms with Crippen LogP contribution in [-0.2, 0) is 24.4 Å². The summed E-state index contributed by atoms with van der Waals surface area (Å²) in [5.41, 5.74) is 8.31. The molecular weight excluding hydrogens is 418 g/mol. The third kappa shape index (κ3) is 6.12. The first-order chi connectivity index (χ1) is 15.9. The molecule has 33 heavy (non-hydrogen) atoms. The van der Waals surface area contributed by atoms with Gasteiger partial charge in [-0.1, -0.05) is 67.9 Å². The van der Waals surface area contributed by atoms with E-state index in [-0.39, 0.29) is 30.5 Å². The molecule has 0 aliphatic carbocycles. The molecule has 3 rings (SSSR count). The summed E-state index contributed by atoms with van der Waals surface area (Å²) in [7, 11) is 0. The summed E-state index contributed by atoms with van der Waals surface area (Å²) in [6.07, 6.45) is 1.61. The number of hydrogen-bond donors (Lipinski definition) is 3. The fourth-order valence-corrected chi connectivity index (χ4v) is 3.67. The maximum Gasteiger partial charge on any atom is 0.330 e. The van der Waals surface area contributed by atoms with E-state index in [1.54, 1.807) is 4.90 Å². The van der Waals surface area contributed by atoms with Crippen molar-refractivity contribution in [2.75, 3.05) is 17.2 Å². The number of rotatable bonds is 10. The van der Waals surface area contributed by atoms with Crippen LogP contribution in [0.4, 0.5) is 11.5 Å². The maximum atomic E-state index is 12.9. The number of unbranched alkanes of at least 4 members (excludes halogenated alkanes) is 1. The van der Waals surface area contributed by atoms with Crippen molar-refractivity contribution in [3.05, 3.63) is 92.1 Å². The summed E-state index contributed by atoms with van der Waals surface area (Å²) < 4.78 is 1.36. The van der Waals surface area contributed by atoms with E-state index in [4.69, 9.17) is 5.73 Å². The Hall–Kier alpha value is -3.81. The Kier molecular flexibility index (Phi) is 8.07. The van der Waals surface area contributed by atoms with Crippen molar-refractivity contribution in [2.24, 2.45) is 0 Å². The van der Waals surface area contributed by atoms with Crippen molar-refractivity contribution in [3.63, 3.8) is 0 Å². The van der Waals surface area contributed by atoms with Gasteiger partial charge in [-0.25, -0.2) is 4.79 Å². The number of aryl methyl sites for hydroxylation is 1. The molecule has 1 aromatic heterocycles. The Labute approximate surface area is 193 Å². The number of hydrogen-bond acceptors (Lipinski definition) is 5. The number of nitrogens with zero attached hydrogens (tertiary/aromatic N) is 2. The molecular formula is C25H31N5O3. The van der Waals surface area contributed by atoms with Crippen molar-refractivity contribution in [3.8, 4) is 0 Å². The predicted molar refractivity (Wildman–Crippen MR) is 131 cm³/mol. The van der Waals surface area contributed by atoms with Gasteiger partial charge in [0.05, 0.1) is 6.54 Å². The lowest BCUT2D eigenvalue weighted by Crippen LogP contribution is -2.42. The molecule has 0 bridgehead atoms. The van der Waals surface area contributed by atoms with Gasteiger partial charge in [-0.05, 0) is 30.0 Å². The number of nitrogen functional groups attached to an aromatic ring is 1. The zero-order chi connectivity index (χ0) is 23.8. The normalized spacial score (nSPS) is 10.7. The largest absolute Gasteiger partial charge is 0.383 e. The highest BCUT2D eigenvalue weighted by atomic mass is 16.2. The van der Waals surface area contributed by atoms with E-state index in [0.29, 0.717) is 13.1 Å². The quantitative estimate of drug-likeness (QED) is 0.440. The SMILES string of the molecule is CCCCn1c(N)c(N(CC(=O)NCc2ccccc2C)Cc2ccccc2)c(=O)[nH]c1=O. The highest BCUT2D eigenvalue weighted by Gasteiger charge is 2.21. The topological polar surface area (TPSA) is 113 Å². The van der Waals surface area contributed by atoms with Crippen molar-refractivity contribution < 1.29 is 4.79 Å². The maximum absolute atomic E-state index is 12.9. The summed E-state index contributed by atoms with van der Waals surface area (Å²) >= 11 is 0. The average molecular weight is 450 g/mol. The lowest BCUT2D eigenvalue weighted by atomic mass is 10.1. The summed E-state index contributed by atoms with van der Waals surface area (Å²) in [5, 5.41) is 2.92. The van der Waals surface area contributed by atoms with Crippen LogP contribution in [0.15, 0.2) is 64.2 Å². The van der Waals surface area contributed by atoms with Crippen LogP contribution in [0.25, 0.3) is 0 Å². The lowest BCUT2D eigenvalue weighted by molar-refractivity contribution is -0.119. The van der Waals surface area contributed by atoms with Gasteiger partial charge in [-0.2, -0.15) is 0 Å². The van der Waals surface area contributed by atoms with Crippen LogP contribution in [0.1, 0.15) is 36.5 Å². The molecule has 0 unspecified atom stereocenters. The van der Waals surface area contributed by atoms with Crippen LogP contribution in [0.3, 0.4) is 0 Å². The van der Waals surface area contributed by atoms with Crippen LogP contribution in [0.2, 0.25) is 0 Å². The fraction of sp³-hybridized carbons (Fsp3) is 0.320. The first kappa shape index (κ1) is 23.8. The van der Waals surface area contributed by atoms with E-state index in [0.717, 1.165) is 29.5 Å². The smallest absolute Gasteiger partial charge is 0.330 e. The molecule has 0 fully saturated rings. The van der Waals surface area contributed by atoms with Crippen molar-refractivity contribution in [1.82, 2.24) is 14.9 Å². The van der Waals surface area contributed by atoms with Gasteiger partial charge < -0.3 is 16.0 Å². The van der Waals surface area contributed by atoms with E-state index < -0.39 is 11.2 Å². The summed E-state index contributed by atoms with van der Waals surface area (Å²) in [4.78, 5) is 42.0. The number of aromatic amines is 1. The number of nitrogens with one attached hydrogen (secondary N) is 2. The van der Waals surface area contributed by atoms with Gasteiger partial charge in [0.1, 0.15) is 11.5 Å². The third-order valence-electron chi connectivity index (χ3n) is 5.55. The number of nitrogens with two attached hydrogens (primary N) is 1. The molecule has 3 aromatic rings. The molecule has 0 radical (unpaired) electrons. The molecule has 4 N–H and O–H groups in total. The molecule has 0 spiro atoms. The number of amides is 1. The minimum atomic E-state index is -0.604. The number of aromatic nitrogens is 2. The van der Waals surface area contributed by atoms with Gasteiger partial charge in [0.25, 0.3) is 5.56 Å². The van der Waals surface area contributed by atoms with E-state index in [9.17, 15) is 14.4 Å². The molecule has 0 atom stereocenters. The average Bonchev–Trinajstić information content (AvgIpc) is 2.79. The zero-order valence-electron chi connectivity index (χ0n) is 19.1. The number of carbonyl (C=O) groups is 1. The second-order valence-corrected chi connectivity index (χ2v) is 8.04. The minimum absolute atomic E-state index is 0.0693. The molecule has 0 saturated heterocycles. The van der Waals surface area contributed by atoms with Gasteiger partial charge in [-0.3, -0.25) is 19.1 Å². The summed E-state index contributed by atoms with van der Waals surface area (Å²) in [6, 6.07) is 17.3. The first-order valence-corrected chi connectivity index (χ1v) is 11.1. The second kappa shape index (κ2) is 11.2. The van der Waals surface area contributed by atoms with Gasteiger partial charge in [0.15, 0.2) is 0 Å². The van der Waals surface area contributed by atoms with Crippen LogP contribution in [0, 0.1) is 6.92 Å². The van der Waals surface area contributed by atoms with Gasteiger partial charge in [0, 0.05) is 19.6 Å². The Bertz CT molecular complexity index is 1200. The highest BCUT2D eigenvalue weighted by molar-refractivity contribution is 5.82. The second-order valence-electron chi connectivity index (χ2n) is 8.04. The Morgan fingerprint density at radius 1 is 1.09 bits per heavy atom. The predicted octanol–water partition coefficient (Wildman–Crippen LogP) is 2.55. The molecule has 0 aliphatic rings. The van der Waals surface area contributed by atoms with Crippen LogP contribution in [0.5, 0.6) is 0 Å². The standard InChI is InChI=1S/C25H31N5O3/c1-3-4-14-30-23(26)22(24(32)28-25(30)33)29(16-19-11-6-5-7-12-19)17-21(31)27-15-20-13-9-8-10-18(20)2/h5-13H,3-4,14-17,26H2,1-2H3,(H,27,31)(H,28,32,33). The van der Waals surface area contributed by atoms with Crippen LogP contribution < -0.4 is 27.2 Å². The van der Waals surface area contributed by atoms with Crippen LogP contribution in [-0.4, -0.2) is 22.0 Å². The third-order valence-corrected chi connectivity index (χ3v) is 5.55. The van der Waals surface area contributed by atoms with Crippen LogP contribution >= 0.6 is 0 Å². The van der Waals surface area contributed by atoms with Gasteiger partial charge in [-0.15, -0.1) is 0 Å². The molecule has 1 amide bonds. The van der Waals surface area contributed by atoms with E-state index in [1.807, 2.05) is 68.4 Å². The number of H-pyrrole nitrogens is 1. The highest BCUT2D eigenvalue weighted by Crippen LogP contribution is 2.19. The van der Waals surface area contributed by atoms with Crippen molar-refractivity contribution in [2.45, 2.75) is 46.3 Å². The number of anilines is 2. The zero-order valence-corrected chi connectivity index (χ0v) is 19.1. The molecule has 0 aliphatic heterocycles. The van der Waals surface area contributed by atoms with E-state index in [2.05, 4.69) is 10.3 Å². The fourth-order valence-electron chi connectivity index (χ4n) is 3.67.